The van der Waals surface area contributed by atoms with Crippen molar-refractivity contribution in [3.63, 3.8) is 0 Å². The number of amides is 1. The predicted octanol–water partition coefficient (Wildman–Crippen LogP) is 2.20. The fraction of sp³-hybridized carbons (Fsp3) is 0.278. The van der Waals surface area contributed by atoms with Crippen molar-refractivity contribution in [2.45, 2.75) is 16.2 Å². The van der Waals surface area contributed by atoms with Crippen molar-refractivity contribution in [1.29, 1.82) is 0 Å². The zero-order chi connectivity index (χ0) is 20.9. The van der Waals surface area contributed by atoms with Gasteiger partial charge in [0.2, 0.25) is 10.0 Å². The van der Waals surface area contributed by atoms with Gasteiger partial charge >= 0.3 is 0 Å². The summed E-state index contributed by atoms with van der Waals surface area (Å²) in [5.41, 5.74) is 1.55. The number of hydrogen-bond donors (Lipinski definition) is 0. The number of hydrogen-bond acceptors (Lipinski definition) is 5. The quantitative estimate of drug-likeness (QED) is 0.723. The molecule has 28 heavy (non-hydrogen) atoms. The van der Waals surface area contributed by atoms with E-state index in [1.807, 2.05) is 0 Å². The van der Waals surface area contributed by atoms with Crippen molar-refractivity contribution in [1.82, 2.24) is 4.31 Å². The lowest BCUT2D eigenvalue weighted by Crippen LogP contribution is -2.29. The van der Waals surface area contributed by atoms with Gasteiger partial charge in [-0.05, 0) is 48.4 Å². The molecule has 150 valence electrons. The van der Waals surface area contributed by atoms with E-state index >= 15 is 0 Å². The number of carbonyl (C=O) groups is 1. The Bertz CT molecular complexity index is 1170. The molecule has 7 nitrogen and oxygen atoms in total. The molecule has 0 spiro atoms. The normalized spacial score (nSPS) is 14.4. The fourth-order valence-electron chi connectivity index (χ4n) is 3.04. The van der Waals surface area contributed by atoms with Crippen molar-refractivity contribution in [2.75, 3.05) is 31.8 Å². The molecule has 0 aliphatic carbocycles. The van der Waals surface area contributed by atoms with Crippen LogP contribution < -0.4 is 4.90 Å². The summed E-state index contributed by atoms with van der Waals surface area (Å²) in [5, 5.41) is 0.0550. The van der Waals surface area contributed by atoms with E-state index in [0.717, 1.165) is 16.1 Å². The first-order chi connectivity index (χ1) is 12.9. The molecule has 0 fully saturated rings. The van der Waals surface area contributed by atoms with Crippen LogP contribution >= 0.6 is 11.6 Å². The van der Waals surface area contributed by atoms with E-state index in [1.54, 1.807) is 12.1 Å². The smallest absolute Gasteiger partial charge is 0.258 e. The van der Waals surface area contributed by atoms with Gasteiger partial charge in [0.25, 0.3) is 5.91 Å². The van der Waals surface area contributed by atoms with Crippen molar-refractivity contribution in [3.05, 3.63) is 52.5 Å². The Morgan fingerprint density at radius 1 is 1.07 bits per heavy atom. The molecule has 3 rings (SSSR count). The zero-order valence-corrected chi connectivity index (χ0v) is 17.9. The first-order valence-electron chi connectivity index (χ1n) is 8.30. The summed E-state index contributed by atoms with van der Waals surface area (Å²) in [6, 6.07) is 8.76. The number of sulfone groups is 1. The lowest BCUT2D eigenvalue weighted by molar-refractivity contribution is 0.0989. The second-order valence-corrected chi connectivity index (χ2v) is 11.2. The highest BCUT2D eigenvalue weighted by Gasteiger charge is 2.28. The van der Waals surface area contributed by atoms with Gasteiger partial charge in [-0.1, -0.05) is 11.6 Å². The number of benzene rings is 2. The van der Waals surface area contributed by atoms with Gasteiger partial charge in [0.05, 0.1) is 14.8 Å². The van der Waals surface area contributed by atoms with Crippen LogP contribution in [-0.4, -0.2) is 53.9 Å². The molecule has 0 radical (unpaired) electrons. The highest BCUT2D eigenvalue weighted by atomic mass is 35.5. The van der Waals surface area contributed by atoms with E-state index < -0.39 is 19.9 Å². The largest absolute Gasteiger partial charge is 0.308 e. The van der Waals surface area contributed by atoms with Crippen molar-refractivity contribution >= 4 is 43.1 Å². The van der Waals surface area contributed by atoms with Crippen LogP contribution in [0.3, 0.4) is 0 Å². The summed E-state index contributed by atoms with van der Waals surface area (Å²) in [6.45, 7) is 0.371. The average Bonchev–Trinajstić information content (AvgIpc) is 3.03. The lowest BCUT2D eigenvalue weighted by Gasteiger charge is -2.19. The van der Waals surface area contributed by atoms with Gasteiger partial charge in [0.15, 0.2) is 9.84 Å². The molecular weight excluding hydrogens is 424 g/mol. The SMILES string of the molecule is CN(C)S(=O)(=O)c1ccc2c(c1)CCN2C(=O)c1ccc(Cl)c(S(C)(=O)=O)c1. The Morgan fingerprint density at radius 2 is 1.75 bits per heavy atom. The second-order valence-electron chi connectivity index (χ2n) is 6.70. The minimum Gasteiger partial charge on any atom is -0.308 e. The summed E-state index contributed by atoms with van der Waals surface area (Å²) in [7, 11) is -4.23. The third-order valence-corrected chi connectivity index (χ3v) is 7.94. The maximum absolute atomic E-state index is 13.0. The van der Waals surface area contributed by atoms with Crippen LogP contribution in [0, 0.1) is 0 Å². The van der Waals surface area contributed by atoms with Crippen LogP contribution in [0.2, 0.25) is 5.02 Å². The molecule has 0 atom stereocenters. The van der Waals surface area contributed by atoms with Crippen LogP contribution in [0.4, 0.5) is 5.69 Å². The summed E-state index contributed by atoms with van der Waals surface area (Å²) in [4.78, 5) is 14.5. The maximum atomic E-state index is 13.0. The number of sulfonamides is 1. The Kier molecular flexibility index (Phi) is 5.30. The minimum atomic E-state index is -3.58. The molecule has 2 aromatic rings. The molecule has 1 heterocycles. The van der Waals surface area contributed by atoms with Crippen LogP contribution in [0.15, 0.2) is 46.2 Å². The topological polar surface area (TPSA) is 91.8 Å². The van der Waals surface area contributed by atoms with E-state index in [4.69, 9.17) is 11.6 Å². The van der Waals surface area contributed by atoms with Crippen molar-refractivity contribution in [3.8, 4) is 0 Å². The van der Waals surface area contributed by atoms with Crippen LogP contribution in [0.5, 0.6) is 0 Å². The molecule has 2 aromatic carbocycles. The van der Waals surface area contributed by atoms with Gasteiger partial charge in [-0.15, -0.1) is 0 Å². The van der Waals surface area contributed by atoms with Crippen LogP contribution in [0.1, 0.15) is 15.9 Å². The van der Waals surface area contributed by atoms with Gasteiger partial charge in [0, 0.05) is 38.1 Å². The van der Waals surface area contributed by atoms with E-state index in [1.165, 1.54) is 43.3 Å². The maximum Gasteiger partial charge on any atom is 0.258 e. The Morgan fingerprint density at radius 3 is 2.36 bits per heavy atom. The Balaban J connectivity index is 1.98. The number of halogens is 1. The van der Waals surface area contributed by atoms with Gasteiger partial charge in [-0.2, -0.15) is 0 Å². The number of nitrogens with zero attached hydrogens (tertiary/aromatic N) is 2. The van der Waals surface area contributed by atoms with E-state index in [2.05, 4.69) is 0 Å². The second kappa shape index (κ2) is 7.14. The average molecular weight is 443 g/mol. The molecule has 1 aliphatic rings. The van der Waals surface area contributed by atoms with Crippen molar-refractivity contribution in [2.24, 2.45) is 0 Å². The molecule has 0 saturated carbocycles. The monoisotopic (exact) mass is 442 g/mol. The highest BCUT2D eigenvalue weighted by Crippen LogP contribution is 2.32. The third-order valence-electron chi connectivity index (χ3n) is 4.55. The predicted molar refractivity (Wildman–Crippen MR) is 107 cm³/mol. The van der Waals surface area contributed by atoms with Crippen molar-refractivity contribution < 1.29 is 21.6 Å². The zero-order valence-electron chi connectivity index (χ0n) is 15.5. The Hall–Kier alpha value is -1.94. The molecule has 0 aromatic heterocycles. The minimum absolute atomic E-state index is 0.0550. The number of anilines is 1. The lowest BCUT2D eigenvalue weighted by atomic mass is 10.1. The molecule has 0 unspecified atom stereocenters. The molecule has 10 heteroatoms. The molecule has 0 bridgehead atoms. The summed E-state index contributed by atoms with van der Waals surface area (Å²) >= 11 is 5.95. The molecule has 1 aliphatic heterocycles. The van der Waals surface area contributed by atoms with Gasteiger partial charge < -0.3 is 4.90 Å². The molecule has 0 saturated heterocycles. The number of rotatable bonds is 4. The van der Waals surface area contributed by atoms with Gasteiger partial charge in [-0.25, -0.2) is 21.1 Å². The first-order valence-corrected chi connectivity index (χ1v) is 12.0. The number of fused-ring (bicyclic) bond motifs is 1. The van der Waals surface area contributed by atoms with Crippen LogP contribution in [0.25, 0.3) is 0 Å². The summed E-state index contributed by atoms with van der Waals surface area (Å²) in [6.07, 6.45) is 1.53. The highest BCUT2D eigenvalue weighted by molar-refractivity contribution is 7.90. The standard InChI is InChI=1S/C18H19ClN2O5S2/c1-20(2)28(25,26)14-5-7-16-12(10-14)8-9-21(16)18(22)13-4-6-15(19)17(11-13)27(3,23)24/h4-7,10-11H,8-9H2,1-3H3. The summed E-state index contributed by atoms with van der Waals surface area (Å²) in [5.74, 6) is -0.372. The van der Waals surface area contributed by atoms with E-state index in [-0.39, 0.29) is 26.3 Å². The molecule has 1 amide bonds. The molecular formula is C18H19ClN2O5S2. The fourth-order valence-corrected chi connectivity index (χ4v) is 5.29. The van der Waals surface area contributed by atoms with Gasteiger partial charge in [-0.3, -0.25) is 4.79 Å². The first kappa shape index (κ1) is 20.8. The third kappa shape index (κ3) is 3.67. The summed E-state index contributed by atoms with van der Waals surface area (Å²) < 4.78 is 49.5. The van der Waals surface area contributed by atoms with Crippen LogP contribution in [-0.2, 0) is 26.3 Å². The number of carbonyl (C=O) groups excluding carboxylic acids is 1. The Labute approximate surface area is 169 Å². The molecule has 0 N–H and O–H groups in total. The van der Waals surface area contributed by atoms with Gasteiger partial charge in [0.1, 0.15) is 0 Å². The van der Waals surface area contributed by atoms with E-state index in [0.29, 0.717) is 18.7 Å². The van der Waals surface area contributed by atoms with E-state index in [9.17, 15) is 21.6 Å².